The first-order valence-electron chi connectivity index (χ1n) is 9.09. The second-order valence-corrected chi connectivity index (χ2v) is 7.18. The molecule has 0 bridgehead atoms. The van der Waals surface area contributed by atoms with Crippen molar-refractivity contribution in [3.05, 3.63) is 59.6 Å². The molecule has 0 radical (unpaired) electrons. The minimum atomic E-state index is -0.297. The molecule has 0 aliphatic heterocycles. The first-order chi connectivity index (χ1) is 12.6. The highest BCUT2D eigenvalue weighted by Crippen LogP contribution is 2.47. The second kappa shape index (κ2) is 6.83. The fraction of sp³-hybridized carbons (Fsp3) is 0.333. The molecule has 4 rings (SSSR count). The molecule has 5 nitrogen and oxygen atoms in total. The first-order valence-corrected chi connectivity index (χ1v) is 9.09. The van der Waals surface area contributed by atoms with Gasteiger partial charge in [-0.1, -0.05) is 19.1 Å². The van der Waals surface area contributed by atoms with Gasteiger partial charge in [-0.15, -0.1) is 0 Å². The van der Waals surface area contributed by atoms with Crippen LogP contribution in [0.5, 0.6) is 0 Å². The maximum atomic E-state index is 12.3. The van der Waals surface area contributed by atoms with Crippen molar-refractivity contribution >= 4 is 23.6 Å². The van der Waals surface area contributed by atoms with Gasteiger partial charge in [-0.3, -0.25) is 9.59 Å². The van der Waals surface area contributed by atoms with Crippen LogP contribution in [0.3, 0.4) is 0 Å². The van der Waals surface area contributed by atoms with E-state index in [9.17, 15) is 9.59 Å². The SMILES string of the molecule is CC1CC1c1ccc(C=CC(=O)Nc2ccccc2C(=O)NC2CC2)o1. The van der Waals surface area contributed by atoms with Crippen LogP contribution in [0.25, 0.3) is 6.08 Å². The van der Waals surface area contributed by atoms with E-state index in [-0.39, 0.29) is 17.9 Å². The van der Waals surface area contributed by atoms with E-state index in [4.69, 9.17) is 4.42 Å². The zero-order chi connectivity index (χ0) is 18.1. The Morgan fingerprint density at radius 1 is 1.15 bits per heavy atom. The fourth-order valence-corrected chi connectivity index (χ4v) is 2.99. The molecule has 2 fully saturated rings. The van der Waals surface area contributed by atoms with Gasteiger partial charge < -0.3 is 15.1 Å². The van der Waals surface area contributed by atoms with Gasteiger partial charge in [-0.2, -0.15) is 0 Å². The number of furan rings is 1. The Bertz CT molecular complexity index is 864. The molecule has 1 heterocycles. The van der Waals surface area contributed by atoms with Crippen molar-refractivity contribution in [1.82, 2.24) is 5.32 Å². The van der Waals surface area contributed by atoms with Crippen molar-refractivity contribution in [2.75, 3.05) is 5.32 Å². The van der Waals surface area contributed by atoms with Crippen molar-refractivity contribution < 1.29 is 14.0 Å². The van der Waals surface area contributed by atoms with Crippen LogP contribution in [0.2, 0.25) is 0 Å². The number of benzene rings is 1. The van der Waals surface area contributed by atoms with Gasteiger partial charge in [0.25, 0.3) is 5.91 Å². The van der Waals surface area contributed by atoms with Gasteiger partial charge in [0.2, 0.25) is 5.91 Å². The molecule has 1 aromatic carbocycles. The molecule has 2 amide bonds. The summed E-state index contributed by atoms with van der Waals surface area (Å²) in [6.07, 6.45) is 6.28. The summed E-state index contributed by atoms with van der Waals surface area (Å²) < 4.78 is 5.76. The van der Waals surface area contributed by atoms with Crippen LogP contribution in [0.1, 0.15) is 54.0 Å². The predicted octanol–water partition coefficient (Wildman–Crippen LogP) is 3.95. The molecular formula is C21H22N2O3. The molecule has 2 aliphatic carbocycles. The van der Waals surface area contributed by atoms with E-state index in [0.717, 1.165) is 25.0 Å². The highest BCUT2D eigenvalue weighted by Gasteiger charge is 2.36. The van der Waals surface area contributed by atoms with E-state index >= 15 is 0 Å². The standard InChI is InChI=1S/C21H22N2O3/c1-13-12-17(13)19-10-8-15(26-19)9-11-20(24)23-18-5-3-2-4-16(18)21(25)22-14-6-7-14/h2-5,8-11,13-14,17H,6-7,12H2,1H3,(H,22,25)(H,23,24). The summed E-state index contributed by atoms with van der Waals surface area (Å²) in [5.74, 6) is 2.40. The molecule has 1 aromatic heterocycles. The van der Waals surface area contributed by atoms with E-state index < -0.39 is 0 Å². The molecule has 2 N–H and O–H groups in total. The molecule has 2 saturated carbocycles. The molecular weight excluding hydrogens is 328 g/mol. The van der Waals surface area contributed by atoms with Gasteiger partial charge in [-0.05, 0) is 55.5 Å². The first kappa shape index (κ1) is 16.6. The number of para-hydroxylation sites is 1. The minimum Gasteiger partial charge on any atom is -0.461 e. The molecule has 2 aromatic rings. The Labute approximate surface area is 152 Å². The van der Waals surface area contributed by atoms with E-state index in [1.165, 1.54) is 6.08 Å². The Balaban J connectivity index is 1.40. The summed E-state index contributed by atoms with van der Waals surface area (Å²) in [4.78, 5) is 24.5. The molecule has 26 heavy (non-hydrogen) atoms. The maximum Gasteiger partial charge on any atom is 0.253 e. The van der Waals surface area contributed by atoms with Crippen LogP contribution in [0.15, 0.2) is 46.9 Å². The number of nitrogens with one attached hydrogen (secondary N) is 2. The maximum absolute atomic E-state index is 12.3. The zero-order valence-corrected chi connectivity index (χ0v) is 14.7. The third-order valence-corrected chi connectivity index (χ3v) is 4.86. The normalized spacial score (nSPS) is 21.6. The lowest BCUT2D eigenvalue weighted by Gasteiger charge is -2.09. The average Bonchev–Trinajstić information content (AvgIpc) is 3.53. The number of carbonyl (C=O) groups is 2. The predicted molar refractivity (Wildman–Crippen MR) is 99.8 cm³/mol. The summed E-state index contributed by atoms with van der Waals surface area (Å²) in [5.41, 5.74) is 0.983. The molecule has 0 saturated heterocycles. The number of rotatable bonds is 6. The van der Waals surface area contributed by atoms with Gasteiger partial charge in [0.15, 0.2) is 0 Å². The Morgan fingerprint density at radius 2 is 1.92 bits per heavy atom. The van der Waals surface area contributed by atoms with E-state index in [1.54, 1.807) is 30.3 Å². The Hall–Kier alpha value is -2.82. The number of amides is 2. The second-order valence-electron chi connectivity index (χ2n) is 7.18. The lowest BCUT2D eigenvalue weighted by molar-refractivity contribution is -0.111. The number of anilines is 1. The smallest absolute Gasteiger partial charge is 0.253 e. The monoisotopic (exact) mass is 350 g/mol. The van der Waals surface area contributed by atoms with Gasteiger partial charge in [-0.25, -0.2) is 0 Å². The van der Waals surface area contributed by atoms with Gasteiger partial charge in [0.05, 0.1) is 11.3 Å². The molecule has 0 spiro atoms. The highest BCUT2D eigenvalue weighted by molar-refractivity contribution is 6.07. The van der Waals surface area contributed by atoms with Crippen molar-refractivity contribution in [3.8, 4) is 0 Å². The Kier molecular flexibility index (Phi) is 4.37. The van der Waals surface area contributed by atoms with Crippen LogP contribution in [-0.2, 0) is 4.79 Å². The van der Waals surface area contributed by atoms with Crippen molar-refractivity contribution in [2.24, 2.45) is 5.92 Å². The van der Waals surface area contributed by atoms with Crippen LogP contribution in [0.4, 0.5) is 5.69 Å². The van der Waals surface area contributed by atoms with Crippen LogP contribution < -0.4 is 10.6 Å². The van der Waals surface area contributed by atoms with Crippen molar-refractivity contribution in [1.29, 1.82) is 0 Å². The lowest BCUT2D eigenvalue weighted by atomic mass is 10.1. The van der Waals surface area contributed by atoms with Gasteiger partial charge in [0, 0.05) is 18.0 Å². The number of carbonyl (C=O) groups excluding carboxylic acids is 2. The van der Waals surface area contributed by atoms with Crippen molar-refractivity contribution in [3.63, 3.8) is 0 Å². The summed E-state index contributed by atoms with van der Waals surface area (Å²) in [7, 11) is 0. The summed E-state index contributed by atoms with van der Waals surface area (Å²) >= 11 is 0. The number of hydrogen-bond donors (Lipinski definition) is 2. The Morgan fingerprint density at radius 3 is 2.65 bits per heavy atom. The van der Waals surface area contributed by atoms with Crippen LogP contribution in [0, 0.1) is 5.92 Å². The van der Waals surface area contributed by atoms with E-state index in [0.29, 0.717) is 28.8 Å². The van der Waals surface area contributed by atoms with E-state index in [1.807, 2.05) is 12.1 Å². The number of hydrogen-bond acceptors (Lipinski definition) is 3. The highest BCUT2D eigenvalue weighted by atomic mass is 16.3. The molecule has 2 atom stereocenters. The molecule has 2 unspecified atom stereocenters. The van der Waals surface area contributed by atoms with Crippen LogP contribution in [-0.4, -0.2) is 17.9 Å². The minimum absolute atomic E-state index is 0.151. The van der Waals surface area contributed by atoms with E-state index in [2.05, 4.69) is 17.6 Å². The van der Waals surface area contributed by atoms with Crippen LogP contribution >= 0.6 is 0 Å². The van der Waals surface area contributed by atoms with Gasteiger partial charge >= 0.3 is 0 Å². The van der Waals surface area contributed by atoms with Crippen molar-refractivity contribution in [2.45, 2.75) is 38.1 Å². The topological polar surface area (TPSA) is 71.3 Å². The fourth-order valence-electron chi connectivity index (χ4n) is 2.99. The zero-order valence-electron chi connectivity index (χ0n) is 14.7. The third kappa shape index (κ3) is 3.87. The molecule has 5 heteroatoms. The third-order valence-electron chi connectivity index (χ3n) is 4.86. The average molecular weight is 350 g/mol. The largest absolute Gasteiger partial charge is 0.461 e. The summed E-state index contributed by atoms with van der Waals surface area (Å²) in [6.45, 7) is 2.20. The summed E-state index contributed by atoms with van der Waals surface area (Å²) in [6, 6.07) is 11.2. The quantitative estimate of drug-likeness (QED) is 0.775. The molecule has 2 aliphatic rings. The van der Waals surface area contributed by atoms with Gasteiger partial charge in [0.1, 0.15) is 11.5 Å². The molecule has 134 valence electrons. The lowest BCUT2D eigenvalue weighted by Crippen LogP contribution is -2.26. The summed E-state index contributed by atoms with van der Waals surface area (Å²) in [5, 5.41) is 5.72.